The van der Waals surface area contributed by atoms with Gasteiger partial charge in [0.15, 0.2) is 0 Å². The highest BCUT2D eigenvalue weighted by molar-refractivity contribution is 9.10. The van der Waals surface area contributed by atoms with Crippen molar-refractivity contribution >= 4 is 27.5 Å². The monoisotopic (exact) mass is 321 g/mol. The molecular formula is C15H13BrFNO. The molecule has 98 valence electrons. The van der Waals surface area contributed by atoms with Gasteiger partial charge in [0.2, 0.25) is 0 Å². The lowest BCUT2D eigenvalue weighted by Gasteiger charge is -2.09. The number of nitrogens with one attached hydrogen (secondary N) is 1. The minimum atomic E-state index is -0.311. The summed E-state index contributed by atoms with van der Waals surface area (Å²) in [5, 5.41) is 2.78. The molecule has 0 bridgehead atoms. The molecule has 1 amide bonds. The van der Waals surface area contributed by atoms with Gasteiger partial charge < -0.3 is 5.32 Å². The third-order valence-electron chi connectivity index (χ3n) is 2.74. The maximum absolute atomic E-state index is 13.0. The molecule has 0 saturated heterocycles. The molecule has 0 unspecified atom stereocenters. The first-order valence-electron chi connectivity index (χ1n) is 5.80. The number of amides is 1. The Balaban J connectivity index is 2.25. The number of carbonyl (C=O) groups is 1. The summed E-state index contributed by atoms with van der Waals surface area (Å²) < 4.78 is 13.8. The Morgan fingerprint density at radius 3 is 2.53 bits per heavy atom. The SMILES string of the molecule is Cc1cc(Br)cc(C(=O)Nc2ccc(F)cc2C)c1. The summed E-state index contributed by atoms with van der Waals surface area (Å²) in [5.41, 5.74) is 2.87. The van der Waals surface area contributed by atoms with Crippen LogP contribution in [0.4, 0.5) is 10.1 Å². The lowest BCUT2D eigenvalue weighted by atomic mass is 10.1. The third-order valence-corrected chi connectivity index (χ3v) is 3.20. The number of hydrogen-bond donors (Lipinski definition) is 1. The van der Waals surface area contributed by atoms with Crippen molar-refractivity contribution < 1.29 is 9.18 Å². The number of benzene rings is 2. The van der Waals surface area contributed by atoms with E-state index in [0.717, 1.165) is 10.0 Å². The van der Waals surface area contributed by atoms with E-state index >= 15 is 0 Å². The van der Waals surface area contributed by atoms with E-state index in [0.29, 0.717) is 16.8 Å². The van der Waals surface area contributed by atoms with Crippen molar-refractivity contribution in [1.29, 1.82) is 0 Å². The quantitative estimate of drug-likeness (QED) is 0.869. The van der Waals surface area contributed by atoms with Gasteiger partial charge in [0.05, 0.1) is 0 Å². The van der Waals surface area contributed by atoms with E-state index in [1.807, 2.05) is 13.0 Å². The first kappa shape index (κ1) is 13.7. The Morgan fingerprint density at radius 1 is 1.16 bits per heavy atom. The van der Waals surface area contributed by atoms with E-state index in [-0.39, 0.29) is 11.7 Å². The van der Waals surface area contributed by atoms with Crippen LogP contribution in [-0.4, -0.2) is 5.91 Å². The number of aryl methyl sites for hydroxylation is 2. The van der Waals surface area contributed by atoms with Crippen LogP contribution in [0.15, 0.2) is 40.9 Å². The molecule has 0 saturated carbocycles. The van der Waals surface area contributed by atoms with Crippen molar-refractivity contribution in [3.63, 3.8) is 0 Å². The Morgan fingerprint density at radius 2 is 1.89 bits per heavy atom. The highest BCUT2D eigenvalue weighted by Crippen LogP contribution is 2.19. The number of halogens is 2. The average Bonchev–Trinajstić information content (AvgIpc) is 2.31. The first-order chi connectivity index (χ1) is 8.95. The molecule has 19 heavy (non-hydrogen) atoms. The molecule has 1 N–H and O–H groups in total. The predicted octanol–water partition coefficient (Wildman–Crippen LogP) is 4.46. The fourth-order valence-corrected chi connectivity index (χ4v) is 2.44. The zero-order valence-electron chi connectivity index (χ0n) is 10.6. The van der Waals surface area contributed by atoms with Gasteiger partial charge in [-0.25, -0.2) is 4.39 Å². The molecule has 0 aliphatic carbocycles. The molecule has 0 radical (unpaired) electrons. The van der Waals surface area contributed by atoms with Crippen molar-refractivity contribution in [2.24, 2.45) is 0 Å². The fraction of sp³-hybridized carbons (Fsp3) is 0.133. The molecule has 4 heteroatoms. The topological polar surface area (TPSA) is 29.1 Å². The normalized spacial score (nSPS) is 10.3. The molecule has 0 aliphatic heterocycles. The highest BCUT2D eigenvalue weighted by Gasteiger charge is 2.09. The fourth-order valence-electron chi connectivity index (χ4n) is 1.83. The van der Waals surface area contributed by atoms with Gasteiger partial charge >= 0.3 is 0 Å². The summed E-state index contributed by atoms with van der Waals surface area (Å²) in [7, 11) is 0. The Labute approximate surface area is 119 Å². The molecule has 2 rings (SSSR count). The Kier molecular flexibility index (Phi) is 4.00. The van der Waals surface area contributed by atoms with E-state index in [1.54, 1.807) is 25.1 Å². The second-order valence-electron chi connectivity index (χ2n) is 4.43. The third kappa shape index (κ3) is 3.41. The summed E-state index contributed by atoms with van der Waals surface area (Å²) >= 11 is 3.36. The van der Waals surface area contributed by atoms with E-state index in [4.69, 9.17) is 0 Å². The highest BCUT2D eigenvalue weighted by atomic mass is 79.9. The van der Waals surface area contributed by atoms with Gasteiger partial charge in [-0.1, -0.05) is 15.9 Å². The smallest absolute Gasteiger partial charge is 0.255 e. The van der Waals surface area contributed by atoms with Crippen LogP contribution in [-0.2, 0) is 0 Å². The molecule has 0 spiro atoms. The standard InChI is InChI=1S/C15H13BrFNO/c1-9-5-11(8-12(16)6-9)15(19)18-14-4-3-13(17)7-10(14)2/h3-8H,1-2H3,(H,18,19). The number of rotatable bonds is 2. The summed E-state index contributed by atoms with van der Waals surface area (Å²) in [6.07, 6.45) is 0. The summed E-state index contributed by atoms with van der Waals surface area (Å²) in [5.74, 6) is -0.520. The first-order valence-corrected chi connectivity index (χ1v) is 6.60. The van der Waals surface area contributed by atoms with Gasteiger partial charge in [-0.3, -0.25) is 4.79 Å². The van der Waals surface area contributed by atoms with Crippen LogP contribution in [0.2, 0.25) is 0 Å². The van der Waals surface area contributed by atoms with Crippen molar-refractivity contribution in [3.8, 4) is 0 Å². The van der Waals surface area contributed by atoms with Crippen LogP contribution >= 0.6 is 15.9 Å². The van der Waals surface area contributed by atoms with Crippen LogP contribution in [0, 0.1) is 19.7 Å². The van der Waals surface area contributed by atoms with Crippen molar-refractivity contribution in [2.75, 3.05) is 5.32 Å². The van der Waals surface area contributed by atoms with E-state index in [1.165, 1.54) is 12.1 Å². The molecule has 0 fully saturated rings. The summed E-state index contributed by atoms with van der Waals surface area (Å²) in [6.45, 7) is 3.68. The molecule has 2 nitrogen and oxygen atoms in total. The summed E-state index contributed by atoms with van der Waals surface area (Å²) in [4.78, 5) is 12.1. The second kappa shape index (κ2) is 5.53. The van der Waals surface area contributed by atoms with Gasteiger partial charge in [0.25, 0.3) is 5.91 Å². The minimum Gasteiger partial charge on any atom is -0.322 e. The van der Waals surface area contributed by atoms with Crippen molar-refractivity contribution in [2.45, 2.75) is 13.8 Å². The van der Waals surface area contributed by atoms with Crippen LogP contribution in [0.5, 0.6) is 0 Å². The lowest BCUT2D eigenvalue weighted by molar-refractivity contribution is 0.102. The van der Waals surface area contributed by atoms with Crippen molar-refractivity contribution in [3.05, 3.63) is 63.4 Å². The van der Waals surface area contributed by atoms with Crippen LogP contribution in [0.1, 0.15) is 21.5 Å². The molecule has 0 atom stereocenters. The van der Waals surface area contributed by atoms with E-state index in [9.17, 15) is 9.18 Å². The Hall–Kier alpha value is -1.68. The maximum atomic E-state index is 13.0. The molecule has 0 heterocycles. The Bertz CT molecular complexity index is 620. The van der Waals surface area contributed by atoms with Gasteiger partial charge in [0, 0.05) is 15.7 Å². The largest absolute Gasteiger partial charge is 0.322 e. The zero-order chi connectivity index (χ0) is 14.0. The lowest BCUT2D eigenvalue weighted by Crippen LogP contribution is -2.13. The molecule has 2 aromatic rings. The molecule has 0 aromatic heterocycles. The zero-order valence-corrected chi connectivity index (χ0v) is 12.2. The molecule has 2 aromatic carbocycles. The summed E-state index contributed by atoms with van der Waals surface area (Å²) in [6, 6.07) is 9.77. The van der Waals surface area contributed by atoms with Gasteiger partial charge in [0.1, 0.15) is 5.82 Å². The predicted molar refractivity (Wildman–Crippen MR) is 78.0 cm³/mol. The van der Waals surface area contributed by atoms with Crippen molar-refractivity contribution in [1.82, 2.24) is 0 Å². The van der Waals surface area contributed by atoms with E-state index < -0.39 is 0 Å². The second-order valence-corrected chi connectivity index (χ2v) is 5.35. The van der Waals surface area contributed by atoms with Gasteiger partial charge in [-0.2, -0.15) is 0 Å². The van der Waals surface area contributed by atoms with Crippen LogP contribution in [0.25, 0.3) is 0 Å². The van der Waals surface area contributed by atoms with Gasteiger partial charge in [-0.05, 0) is 61.4 Å². The van der Waals surface area contributed by atoms with Crippen LogP contribution < -0.4 is 5.32 Å². The average molecular weight is 322 g/mol. The maximum Gasteiger partial charge on any atom is 0.255 e. The number of hydrogen-bond acceptors (Lipinski definition) is 1. The molecule has 0 aliphatic rings. The van der Waals surface area contributed by atoms with Gasteiger partial charge in [-0.15, -0.1) is 0 Å². The minimum absolute atomic E-state index is 0.209. The molecular weight excluding hydrogens is 309 g/mol. The number of carbonyl (C=O) groups excluding carboxylic acids is 1. The van der Waals surface area contributed by atoms with E-state index in [2.05, 4.69) is 21.2 Å². The van der Waals surface area contributed by atoms with Crippen LogP contribution in [0.3, 0.4) is 0 Å². The number of anilines is 1.